The maximum atomic E-state index is 10.3. The number of aromatic nitrogens is 2. The smallest absolute Gasteiger partial charge is 0.320 e. The summed E-state index contributed by atoms with van der Waals surface area (Å²) < 4.78 is 0. The van der Waals surface area contributed by atoms with Crippen molar-refractivity contribution in [1.82, 2.24) is 9.97 Å². The van der Waals surface area contributed by atoms with Crippen molar-refractivity contribution in [1.29, 1.82) is 0 Å². The van der Waals surface area contributed by atoms with Gasteiger partial charge in [-0.05, 0) is 37.8 Å². The molecule has 174 valence electrons. The number of nitrogens with zero attached hydrogens (tertiary/aromatic N) is 1. The van der Waals surface area contributed by atoms with Crippen molar-refractivity contribution in [2.45, 2.75) is 50.2 Å². The zero-order valence-corrected chi connectivity index (χ0v) is 17.9. The van der Waals surface area contributed by atoms with E-state index in [-0.39, 0.29) is 6.42 Å². The molecule has 1 heterocycles. The van der Waals surface area contributed by atoms with E-state index >= 15 is 0 Å². The van der Waals surface area contributed by atoms with E-state index in [0.29, 0.717) is 19.4 Å². The van der Waals surface area contributed by atoms with E-state index in [9.17, 15) is 14.4 Å². The molecule has 0 aromatic carbocycles. The number of thioether (sulfide) groups is 1. The second-order valence-electron chi connectivity index (χ2n) is 6.18. The lowest BCUT2D eigenvalue weighted by atomic mass is 10.1. The molecule has 0 fully saturated rings. The van der Waals surface area contributed by atoms with E-state index in [2.05, 4.69) is 9.97 Å². The van der Waals surface area contributed by atoms with Gasteiger partial charge in [-0.2, -0.15) is 11.8 Å². The van der Waals surface area contributed by atoms with Gasteiger partial charge in [0.05, 0.1) is 6.33 Å². The molecule has 30 heavy (non-hydrogen) atoms. The standard InChI is InChI=1S/C6H9N3O2.C6H14N2O2.C5H11NO2S/c7-5(6(10)11)1-4-2-8-3-9-4;7-4-2-1-3-5(8)6(9)10;1-9-3-2-4(6)5(7)8/h2-3,5H,1,7H2,(H,8,9)(H,10,11);5H,1-4,7-8H2,(H,9,10);4H,2-3,6H2,1H3,(H,7,8). The third-order valence-electron chi connectivity index (χ3n) is 3.55. The molecule has 12 N–H and O–H groups in total. The lowest BCUT2D eigenvalue weighted by Crippen LogP contribution is -2.32. The molecule has 0 amide bonds. The van der Waals surface area contributed by atoms with E-state index in [4.69, 9.17) is 38.3 Å². The number of imidazole rings is 1. The summed E-state index contributed by atoms with van der Waals surface area (Å²) in [6.45, 7) is 0.604. The molecule has 3 atom stereocenters. The Balaban J connectivity index is 0. The fourth-order valence-electron chi connectivity index (χ4n) is 1.72. The monoisotopic (exact) mass is 450 g/mol. The number of carbonyl (C=O) groups is 3. The highest BCUT2D eigenvalue weighted by Gasteiger charge is 2.12. The molecule has 0 radical (unpaired) electrons. The third kappa shape index (κ3) is 17.9. The number of carboxylic acids is 3. The lowest BCUT2D eigenvalue weighted by Gasteiger charge is -2.03. The van der Waals surface area contributed by atoms with Crippen molar-refractivity contribution < 1.29 is 29.7 Å². The average molecular weight is 451 g/mol. The number of aromatic amines is 1. The molecule has 0 saturated carbocycles. The Kier molecular flexibility index (Phi) is 18.8. The first-order valence-electron chi connectivity index (χ1n) is 9.18. The van der Waals surface area contributed by atoms with Crippen molar-refractivity contribution in [2.75, 3.05) is 18.6 Å². The molecule has 12 nitrogen and oxygen atoms in total. The van der Waals surface area contributed by atoms with Crippen molar-refractivity contribution in [2.24, 2.45) is 22.9 Å². The van der Waals surface area contributed by atoms with Crippen molar-refractivity contribution in [3.05, 3.63) is 18.2 Å². The van der Waals surface area contributed by atoms with E-state index < -0.39 is 36.0 Å². The van der Waals surface area contributed by atoms with Gasteiger partial charge in [0, 0.05) is 18.3 Å². The number of H-pyrrole nitrogens is 1. The summed E-state index contributed by atoms with van der Waals surface area (Å²) in [6, 6.07) is -2.25. The molecule has 0 saturated heterocycles. The maximum absolute atomic E-state index is 10.3. The first-order valence-corrected chi connectivity index (χ1v) is 10.6. The van der Waals surface area contributed by atoms with Crippen LogP contribution in [0.2, 0.25) is 0 Å². The quantitative estimate of drug-likeness (QED) is 0.179. The summed E-state index contributed by atoms with van der Waals surface area (Å²) in [5.74, 6) is -2.03. The summed E-state index contributed by atoms with van der Waals surface area (Å²) in [6.07, 6.45) is 7.98. The number of rotatable bonds is 12. The molecule has 1 aromatic heterocycles. The van der Waals surface area contributed by atoms with E-state index in [1.54, 1.807) is 18.0 Å². The van der Waals surface area contributed by atoms with Crippen molar-refractivity contribution >= 4 is 29.7 Å². The SMILES string of the molecule is CSCCC(N)C(=O)O.NC(Cc1cnc[nH]1)C(=O)O.NCCCCC(N)C(=O)O. The Labute approximate surface area is 179 Å². The molecule has 0 bridgehead atoms. The van der Waals surface area contributed by atoms with Crippen LogP contribution in [0, 0.1) is 0 Å². The van der Waals surface area contributed by atoms with Gasteiger partial charge < -0.3 is 43.2 Å². The Morgan fingerprint density at radius 2 is 1.53 bits per heavy atom. The van der Waals surface area contributed by atoms with Gasteiger partial charge in [0.15, 0.2) is 0 Å². The van der Waals surface area contributed by atoms with E-state index in [1.165, 1.54) is 6.33 Å². The first-order chi connectivity index (χ1) is 14.1. The molecule has 0 aliphatic rings. The number of hydrogen-bond donors (Lipinski definition) is 8. The summed E-state index contributed by atoms with van der Waals surface area (Å²) in [7, 11) is 0. The van der Waals surface area contributed by atoms with Crippen molar-refractivity contribution in [3.8, 4) is 0 Å². The van der Waals surface area contributed by atoms with Gasteiger partial charge in [-0.15, -0.1) is 0 Å². The molecular formula is C17H34N6O6S. The predicted molar refractivity (Wildman–Crippen MR) is 115 cm³/mol. The Bertz CT molecular complexity index is 589. The minimum Gasteiger partial charge on any atom is -0.480 e. The fraction of sp³-hybridized carbons (Fsp3) is 0.647. The molecule has 0 spiro atoms. The van der Waals surface area contributed by atoms with Crippen LogP contribution in [0.4, 0.5) is 0 Å². The zero-order chi connectivity index (χ0) is 23.5. The lowest BCUT2D eigenvalue weighted by molar-refractivity contribution is -0.139. The van der Waals surface area contributed by atoms with E-state index in [1.807, 2.05) is 6.26 Å². The first kappa shape index (κ1) is 30.0. The number of nitrogens with two attached hydrogens (primary N) is 4. The highest BCUT2D eigenvalue weighted by Crippen LogP contribution is 1.98. The molecule has 0 aliphatic heterocycles. The van der Waals surface area contributed by atoms with Crippen LogP contribution in [-0.4, -0.2) is 79.9 Å². The van der Waals surface area contributed by atoms with Crippen LogP contribution in [0.15, 0.2) is 12.5 Å². The minimum atomic E-state index is -1.00. The molecule has 0 aliphatic carbocycles. The number of carboxylic acid groups (broad SMARTS) is 3. The highest BCUT2D eigenvalue weighted by molar-refractivity contribution is 7.98. The number of nitrogens with one attached hydrogen (secondary N) is 1. The largest absolute Gasteiger partial charge is 0.480 e. The molecule has 3 unspecified atom stereocenters. The van der Waals surface area contributed by atoms with Gasteiger partial charge in [-0.3, -0.25) is 14.4 Å². The second kappa shape index (κ2) is 18.8. The van der Waals surface area contributed by atoms with E-state index in [0.717, 1.165) is 24.3 Å². The van der Waals surface area contributed by atoms with Crippen LogP contribution in [0.5, 0.6) is 0 Å². The number of unbranched alkanes of at least 4 members (excludes halogenated alkanes) is 1. The van der Waals surface area contributed by atoms with Gasteiger partial charge >= 0.3 is 17.9 Å². The van der Waals surface area contributed by atoms with Gasteiger partial charge in [0.2, 0.25) is 0 Å². The highest BCUT2D eigenvalue weighted by atomic mass is 32.2. The maximum Gasteiger partial charge on any atom is 0.320 e. The van der Waals surface area contributed by atoms with Crippen LogP contribution in [0.1, 0.15) is 31.4 Å². The second-order valence-corrected chi connectivity index (χ2v) is 7.17. The topological polar surface area (TPSA) is 245 Å². The Morgan fingerprint density at radius 3 is 1.93 bits per heavy atom. The van der Waals surface area contributed by atoms with Crippen molar-refractivity contribution in [3.63, 3.8) is 0 Å². The molecule has 1 rings (SSSR count). The number of aliphatic carboxylic acids is 3. The third-order valence-corrected chi connectivity index (χ3v) is 4.19. The normalized spacial score (nSPS) is 13.0. The molecule has 13 heteroatoms. The summed E-state index contributed by atoms with van der Waals surface area (Å²) in [5, 5.41) is 25.0. The van der Waals surface area contributed by atoms with Crippen LogP contribution in [0.25, 0.3) is 0 Å². The van der Waals surface area contributed by atoms with Crippen LogP contribution < -0.4 is 22.9 Å². The van der Waals surface area contributed by atoms with Gasteiger partial charge in [0.1, 0.15) is 18.1 Å². The Hall–Kier alpha value is -2.19. The fourth-order valence-corrected chi connectivity index (χ4v) is 2.21. The Morgan fingerprint density at radius 1 is 1.00 bits per heavy atom. The summed E-state index contributed by atoms with van der Waals surface area (Å²) in [5.41, 5.74) is 21.6. The van der Waals surface area contributed by atoms with Crippen LogP contribution in [0.3, 0.4) is 0 Å². The molecular weight excluding hydrogens is 416 g/mol. The average Bonchev–Trinajstić information content (AvgIpc) is 3.19. The van der Waals surface area contributed by atoms with Crippen LogP contribution >= 0.6 is 11.8 Å². The summed E-state index contributed by atoms with van der Waals surface area (Å²) >= 11 is 1.60. The van der Waals surface area contributed by atoms with Gasteiger partial charge in [-0.25, -0.2) is 4.98 Å². The minimum absolute atomic E-state index is 0.287. The summed E-state index contributed by atoms with van der Waals surface area (Å²) in [4.78, 5) is 37.0. The van der Waals surface area contributed by atoms with Crippen LogP contribution in [-0.2, 0) is 20.8 Å². The van der Waals surface area contributed by atoms with Gasteiger partial charge in [0.25, 0.3) is 0 Å². The zero-order valence-electron chi connectivity index (χ0n) is 17.1. The molecule has 1 aromatic rings. The number of hydrogen-bond acceptors (Lipinski definition) is 9. The van der Waals surface area contributed by atoms with Gasteiger partial charge in [-0.1, -0.05) is 6.42 Å². The predicted octanol–water partition coefficient (Wildman–Crippen LogP) is -0.957.